The number of carbonyl (C=O) groups is 2. The zero-order valence-corrected chi connectivity index (χ0v) is 18.2. The summed E-state index contributed by atoms with van der Waals surface area (Å²) in [5.74, 6) is 0.507. The smallest absolute Gasteiger partial charge is 0.172 e. The first-order valence-electron chi connectivity index (χ1n) is 9.44. The fourth-order valence-electron chi connectivity index (χ4n) is 2.83. The highest BCUT2D eigenvalue weighted by molar-refractivity contribution is 7.23. The number of ketones is 2. The molecule has 0 fully saturated rings. The molecule has 0 amide bonds. The lowest BCUT2D eigenvalue weighted by molar-refractivity contribution is 0.0976. The van der Waals surface area contributed by atoms with Gasteiger partial charge in [0.25, 0.3) is 0 Å². The van der Waals surface area contributed by atoms with Gasteiger partial charge in [0.05, 0.1) is 9.75 Å². The molecule has 0 spiro atoms. The van der Waals surface area contributed by atoms with Crippen LogP contribution in [0.3, 0.4) is 0 Å². The summed E-state index contributed by atoms with van der Waals surface area (Å²) in [7, 11) is 0. The summed E-state index contributed by atoms with van der Waals surface area (Å²) >= 11 is 4.98. The Hall–Kier alpha value is -1.56. The molecule has 0 unspecified atom stereocenters. The van der Waals surface area contributed by atoms with Crippen molar-refractivity contribution < 1.29 is 9.59 Å². The monoisotopic (exact) mass is 416 g/mol. The lowest BCUT2D eigenvalue weighted by Gasteiger charge is -1.96. The number of thiophene rings is 3. The van der Waals surface area contributed by atoms with Crippen molar-refractivity contribution in [2.24, 2.45) is 0 Å². The number of hydrogen-bond donors (Lipinski definition) is 0. The first-order chi connectivity index (χ1) is 13.1. The molecule has 0 aromatic carbocycles. The molecule has 3 rings (SSSR count). The van der Waals surface area contributed by atoms with E-state index < -0.39 is 0 Å². The van der Waals surface area contributed by atoms with Gasteiger partial charge in [-0.05, 0) is 49.2 Å². The van der Waals surface area contributed by atoms with Crippen LogP contribution in [0.2, 0.25) is 0 Å². The van der Waals surface area contributed by atoms with Crippen LogP contribution in [0.4, 0.5) is 0 Å². The van der Waals surface area contributed by atoms with E-state index in [1.54, 1.807) is 34.0 Å². The molecule has 142 valence electrons. The third-order valence-corrected chi connectivity index (χ3v) is 7.84. The van der Waals surface area contributed by atoms with Gasteiger partial charge in [0.2, 0.25) is 0 Å². The Morgan fingerprint density at radius 1 is 0.704 bits per heavy atom. The summed E-state index contributed by atoms with van der Waals surface area (Å²) in [4.78, 5) is 30.8. The first-order valence-corrected chi connectivity index (χ1v) is 11.9. The average molecular weight is 417 g/mol. The fourth-order valence-corrected chi connectivity index (χ4v) is 6.01. The maximum Gasteiger partial charge on any atom is 0.172 e. The predicted molar refractivity (Wildman–Crippen MR) is 118 cm³/mol. The Bertz CT molecular complexity index is 914. The molecule has 3 heterocycles. The Morgan fingerprint density at radius 2 is 1.30 bits per heavy atom. The lowest BCUT2D eigenvalue weighted by atomic mass is 10.1. The minimum absolute atomic E-state index is 0.240. The Balaban J connectivity index is 1.66. The molecule has 0 bridgehead atoms. The van der Waals surface area contributed by atoms with Crippen LogP contribution in [0.1, 0.15) is 75.0 Å². The fraction of sp³-hybridized carbons (Fsp3) is 0.364. The maximum absolute atomic E-state index is 12.1. The SMILES string of the molecule is CCCCC(=O)c1ccc(Cc2ccc(-c3ccc(C(=O)CCC)s3)s2)s1. The molecule has 5 heteroatoms. The van der Waals surface area contributed by atoms with Gasteiger partial charge >= 0.3 is 0 Å². The van der Waals surface area contributed by atoms with E-state index in [9.17, 15) is 9.59 Å². The maximum atomic E-state index is 12.1. The van der Waals surface area contributed by atoms with E-state index in [1.165, 1.54) is 14.6 Å². The highest BCUT2D eigenvalue weighted by Gasteiger charge is 2.13. The van der Waals surface area contributed by atoms with Crippen LogP contribution >= 0.6 is 34.0 Å². The van der Waals surface area contributed by atoms with Crippen LogP contribution in [0.15, 0.2) is 36.4 Å². The van der Waals surface area contributed by atoms with Gasteiger partial charge in [0, 0.05) is 38.8 Å². The van der Waals surface area contributed by atoms with Gasteiger partial charge in [-0.25, -0.2) is 0 Å². The van der Waals surface area contributed by atoms with Crippen LogP contribution in [-0.4, -0.2) is 11.6 Å². The molecular formula is C22H24O2S3. The molecule has 3 aromatic rings. The first kappa shape index (κ1) is 20.2. The van der Waals surface area contributed by atoms with E-state index in [-0.39, 0.29) is 11.6 Å². The largest absolute Gasteiger partial charge is 0.293 e. The normalized spacial score (nSPS) is 11.0. The Morgan fingerprint density at radius 3 is 2.07 bits per heavy atom. The van der Waals surface area contributed by atoms with Gasteiger partial charge in [0.15, 0.2) is 11.6 Å². The predicted octanol–water partition coefficient (Wildman–Crippen LogP) is 7.48. The van der Waals surface area contributed by atoms with Crippen LogP contribution in [0.25, 0.3) is 9.75 Å². The molecule has 0 radical (unpaired) electrons. The van der Waals surface area contributed by atoms with Crippen molar-refractivity contribution >= 4 is 45.6 Å². The summed E-state index contributed by atoms with van der Waals surface area (Å²) in [5, 5.41) is 0. The van der Waals surface area contributed by atoms with Crippen molar-refractivity contribution in [2.75, 3.05) is 0 Å². The van der Waals surface area contributed by atoms with E-state index in [2.05, 4.69) is 31.2 Å². The highest BCUT2D eigenvalue weighted by atomic mass is 32.1. The van der Waals surface area contributed by atoms with E-state index in [0.29, 0.717) is 12.8 Å². The van der Waals surface area contributed by atoms with E-state index in [4.69, 9.17) is 0 Å². The van der Waals surface area contributed by atoms with Crippen molar-refractivity contribution in [1.29, 1.82) is 0 Å². The number of Topliss-reactive ketones (excluding diaryl/α,β-unsaturated/α-hetero) is 2. The van der Waals surface area contributed by atoms with E-state index in [1.807, 2.05) is 19.1 Å². The minimum Gasteiger partial charge on any atom is -0.293 e. The molecule has 0 aliphatic rings. The summed E-state index contributed by atoms with van der Waals surface area (Å²) < 4.78 is 0. The molecule has 2 nitrogen and oxygen atoms in total. The molecular weight excluding hydrogens is 392 g/mol. The van der Waals surface area contributed by atoms with Crippen LogP contribution < -0.4 is 0 Å². The molecule has 27 heavy (non-hydrogen) atoms. The van der Waals surface area contributed by atoms with Crippen LogP contribution in [-0.2, 0) is 6.42 Å². The molecule has 0 N–H and O–H groups in total. The number of hydrogen-bond acceptors (Lipinski definition) is 5. The number of rotatable bonds is 10. The minimum atomic E-state index is 0.240. The second-order valence-electron chi connectivity index (χ2n) is 6.57. The summed E-state index contributed by atoms with van der Waals surface area (Å²) in [6.45, 7) is 4.14. The number of carbonyl (C=O) groups excluding carboxylic acids is 2. The number of unbranched alkanes of at least 4 members (excludes halogenated alkanes) is 1. The van der Waals surface area contributed by atoms with Gasteiger partial charge in [-0.3, -0.25) is 9.59 Å². The third-order valence-electron chi connectivity index (χ3n) is 4.30. The molecule has 0 saturated heterocycles. The van der Waals surface area contributed by atoms with E-state index in [0.717, 1.165) is 40.3 Å². The molecule has 0 saturated carbocycles. The summed E-state index contributed by atoms with van der Waals surface area (Å²) in [5.41, 5.74) is 0. The van der Waals surface area contributed by atoms with Crippen LogP contribution in [0.5, 0.6) is 0 Å². The lowest BCUT2D eigenvalue weighted by Crippen LogP contribution is -1.94. The molecule has 3 aromatic heterocycles. The van der Waals surface area contributed by atoms with Crippen molar-refractivity contribution in [3.05, 3.63) is 55.9 Å². The van der Waals surface area contributed by atoms with Crippen molar-refractivity contribution in [3.8, 4) is 9.75 Å². The van der Waals surface area contributed by atoms with Gasteiger partial charge in [-0.2, -0.15) is 0 Å². The summed E-state index contributed by atoms with van der Waals surface area (Å²) in [6.07, 6.45) is 5.03. The van der Waals surface area contributed by atoms with Crippen molar-refractivity contribution in [2.45, 2.75) is 52.4 Å². The quantitative estimate of drug-likeness (QED) is 0.321. The highest BCUT2D eigenvalue weighted by Crippen LogP contribution is 2.35. The molecule has 0 atom stereocenters. The standard InChI is InChI=1S/C22H24O2S3/c1-3-5-7-18(24)19-10-8-15(25-19)14-16-9-11-21(26-16)22-13-12-20(27-22)17(23)6-4-2/h8-13H,3-7,14H2,1-2H3. The average Bonchev–Trinajstić information content (AvgIpc) is 3.40. The summed E-state index contributed by atoms with van der Waals surface area (Å²) in [6, 6.07) is 12.4. The topological polar surface area (TPSA) is 34.1 Å². The second kappa shape index (κ2) is 9.58. The second-order valence-corrected chi connectivity index (χ2v) is 9.99. The van der Waals surface area contributed by atoms with Gasteiger partial charge in [0.1, 0.15) is 0 Å². The Kier molecular flexibility index (Phi) is 7.16. The van der Waals surface area contributed by atoms with Gasteiger partial charge < -0.3 is 0 Å². The zero-order valence-electron chi connectivity index (χ0n) is 15.7. The van der Waals surface area contributed by atoms with Crippen molar-refractivity contribution in [1.82, 2.24) is 0 Å². The van der Waals surface area contributed by atoms with E-state index >= 15 is 0 Å². The van der Waals surface area contributed by atoms with Gasteiger partial charge in [-0.15, -0.1) is 34.0 Å². The Labute approximate surface area is 172 Å². The third kappa shape index (κ3) is 5.24. The zero-order chi connectivity index (χ0) is 19.2. The molecule has 0 aliphatic carbocycles. The van der Waals surface area contributed by atoms with Crippen molar-refractivity contribution in [3.63, 3.8) is 0 Å². The van der Waals surface area contributed by atoms with Crippen LogP contribution in [0, 0.1) is 0 Å². The van der Waals surface area contributed by atoms with Gasteiger partial charge in [-0.1, -0.05) is 20.3 Å². The molecule has 0 aliphatic heterocycles.